The Morgan fingerprint density at radius 1 is 1.29 bits per heavy atom. The molecule has 0 amide bonds. The van der Waals surface area contributed by atoms with E-state index in [2.05, 4.69) is 48.1 Å². The number of rotatable bonds is 7. The number of ether oxygens (including phenoxy) is 1. The third-order valence-electron chi connectivity index (χ3n) is 5.98. The summed E-state index contributed by atoms with van der Waals surface area (Å²) < 4.78 is 6.18. The first kappa shape index (κ1) is 17.2. The molecule has 3 rings (SSSR count). The molecular weight excluding hydrogens is 298 g/mol. The second kappa shape index (κ2) is 7.06. The van der Waals surface area contributed by atoms with Crippen molar-refractivity contribution >= 4 is 12.7 Å². The first-order valence-corrected chi connectivity index (χ1v) is 9.07. The van der Waals surface area contributed by atoms with Crippen LogP contribution in [0, 0.1) is 11.3 Å². The highest BCUT2D eigenvalue weighted by Gasteiger charge is 2.65. The normalized spacial score (nSPS) is 32.3. The van der Waals surface area contributed by atoms with Crippen molar-refractivity contribution < 1.29 is 4.74 Å². The Kier molecular flexibility index (Phi) is 5.04. The van der Waals surface area contributed by atoms with E-state index in [9.17, 15) is 0 Å². The standard InChI is InChI=1S/C20H29N3O/c1-3-4-16-5-7-17(8-6-16)11-18-9-10-19(2)13-24-20(18,19)12-22-15-23-14-21/h5-8,14-15,18H,3-4,9-13H2,1-2H3,(H2,21,22,23). The molecule has 4 nitrogen and oxygen atoms in total. The maximum Gasteiger partial charge on any atom is 0.111 e. The van der Waals surface area contributed by atoms with Gasteiger partial charge in [-0.1, -0.05) is 44.5 Å². The lowest BCUT2D eigenvalue weighted by Gasteiger charge is -2.55. The minimum atomic E-state index is -0.129. The third kappa shape index (κ3) is 3.00. The lowest BCUT2D eigenvalue weighted by Crippen LogP contribution is -2.63. The van der Waals surface area contributed by atoms with Crippen LogP contribution in [0.1, 0.15) is 44.2 Å². The largest absolute Gasteiger partial charge is 0.390 e. The average molecular weight is 327 g/mol. The number of benzene rings is 1. The zero-order valence-electron chi connectivity index (χ0n) is 14.9. The maximum atomic E-state index is 6.18. The van der Waals surface area contributed by atoms with Crippen molar-refractivity contribution in [2.75, 3.05) is 13.2 Å². The Morgan fingerprint density at radius 3 is 2.67 bits per heavy atom. The summed E-state index contributed by atoms with van der Waals surface area (Å²) in [6.07, 6.45) is 8.67. The van der Waals surface area contributed by atoms with Gasteiger partial charge in [-0.25, -0.2) is 4.99 Å². The Bertz CT molecular complexity index is 610. The van der Waals surface area contributed by atoms with Crippen LogP contribution in [0.15, 0.2) is 34.3 Å². The van der Waals surface area contributed by atoms with Gasteiger partial charge in [0.25, 0.3) is 0 Å². The molecule has 1 aliphatic carbocycles. The molecule has 2 N–H and O–H groups in total. The van der Waals surface area contributed by atoms with E-state index < -0.39 is 0 Å². The minimum absolute atomic E-state index is 0.129. The van der Waals surface area contributed by atoms with Crippen molar-refractivity contribution in [3.63, 3.8) is 0 Å². The SMILES string of the molecule is CCCc1ccc(CC2CCC3(C)COC23CN=CN=CN)cc1. The molecule has 0 bridgehead atoms. The van der Waals surface area contributed by atoms with Gasteiger partial charge in [0.2, 0.25) is 0 Å². The van der Waals surface area contributed by atoms with E-state index in [1.54, 1.807) is 6.34 Å². The summed E-state index contributed by atoms with van der Waals surface area (Å²) in [6.45, 7) is 6.11. The molecule has 1 heterocycles. The summed E-state index contributed by atoms with van der Waals surface area (Å²) >= 11 is 0. The number of fused-ring (bicyclic) bond motifs is 1. The summed E-state index contributed by atoms with van der Waals surface area (Å²) in [4.78, 5) is 8.34. The number of hydrogen-bond donors (Lipinski definition) is 1. The molecule has 2 fully saturated rings. The number of aliphatic imine (C=N–C) groups is 2. The van der Waals surface area contributed by atoms with Gasteiger partial charge in [0.1, 0.15) is 6.34 Å². The molecule has 1 aromatic carbocycles. The van der Waals surface area contributed by atoms with Crippen molar-refractivity contribution in [3.05, 3.63) is 35.4 Å². The molecule has 24 heavy (non-hydrogen) atoms. The molecule has 130 valence electrons. The number of aryl methyl sites for hydroxylation is 1. The van der Waals surface area contributed by atoms with Crippen LogP contribution in [0.4, 0.5) is 0 Å². The van der Waals surface area contributed by atoms with Crippen molar-refractivity contribution in [1.29, 1.82) is 0 Å². The highest BCUT2D eigenvalue weighted by atomic mass is 16.5. The van der Waals surface area contributed by atoms with Crippen molar-refractivity contribution in [2.45, 2.75) is 51.6 Å². The Labute approximate surface area is 145 Å². The topological polar surface area (TPSA) is 60.0 Å². The van der Waals surface area contributed by atoms with Gasteiger partial charge < -0.3 is 10.5 Å². The number of hydrogen-bond acceptors (Lipinski definition) is 2. The molecule has 2 aliphatic rings. The van der Waals surface area contributed by atoms with Gasteiger partial charge in [0.05, 0.1) is 25.1 Å². The van der Waals surface area contributed by atoms with Gasteiger partial charge in [-0.3, -0.25) is 4.99 Å². The van der Waals surface area contributed by atoms with Crippen LogP contribution >= 0.6 is 0 Å². The lowest BCUT2D eigenvalue weighted by atomic mass is 9.67. The third-order valence-corrected chi connectivity index (χ3v) is 5.98. The Balaban J connectivity index is 1.72. The maximum absolute atomic E-state index is 6.18. The quantitative estimate of drug-likeness (QED) is 0.616. The van der Waals surface area contributed by atoms with E-state index in [0.29, 0.717) is 12.5 Å². The molecular formula is C20H29N3O. The van der Waals surface area contributed by atoms with Crippen LogP contribution in [-0.4, -0.2) is 31.4 Å². The van der Waals surface area contributed by atoms with Crippen LogP contribution < -0.4 is 5.73 Å². The Hall–Kier alpha value is -1.68. The van der Waals surface area contributed by atoms with Crippen LogP contribution in [-0.2, 0) is 17.6 Å². The van der Waals surface area contributed by atoms with E-state index in [4.69, 9.17) is 10.5 Å². The first-order valence-electron chi connectivity index (χ1n) is 9.07. The predicted molar refractivity (Wildman–Crippen MR) is 99.7 cm³/mol. The molecule has 4 heteroatoms. The van der Waals surface area contributed by atoms with Crippen LogP contribution in [0.25, 0.3) is 0 Å². The second-order valence-electron chi connectivity index (χ2n) is 7.50. The van der Waals surface area contributed by atoms with Crippen molar-refractivity contribution in [2.24, 2.45) is 27.1 Å². The van der Waals surface area contributed by atoms with Gasteiger partial charge in [0.15, 0.2) is 0 Å². The van der Waals surface area contributed by atoms with E-state index in [-0.39, 0.29) is 11.0 Å². The summed E-state index contributed by atoms with van der Waals surface area (Å²) in [5.74, 6) is 0.521. The van der Waals surface area contributed by atoms with E-state index in [1.165, 1.54) is 36.7 Å². The smallest absolute Gasteiger partial charge is 0.111 e. The molecule has 3 unspecified atom stereocenters. The van der Waals surface area contributed by atoms with Gasteiger partial charge >= 0.3 is 0 Å². The van der Waals surface area contributed by atoms with Crippen molar-refractivity contribution in [1.82, 2.24) is 0 Å². The molecule has 1 aromatic rings. The number of nitrogens with two attached hydrogens (primary N) is 1. The molecule has 3 atom stereocenters. The van der Waals surface area contributed by atoms with Gasteiger partial charge in [-0.2, -0.15) is 0 Å². The fraction of sp³-hybridized carbons (Fsp3) is 0.600. The molecule has 1 saturated carbocycles. The summed E-state index contributed by atoms with van der Waals surface area (Å²) in [5.41, 5.74) is 8.23. The van der Waals surface area contributed by atoms with Crippen molar-refractivity contribution in [3.8, 4) is 0 Å². The molecule has 0 radical (unpaired) electrons. The molecule has 1 saturated heterocycles. The van der Waals surface area contributed by atoms with Crippen LogP contribution in [0.5, 0.6) is 0 Å². The fourth-order valence-electron chi connectivity index (χ4n) is 4.43. The average Bonchev–Trinajstić information content (AvgIpc) is 2.76. The highest BCUT2D eigenvalue weighted by molar-refractivity contribution is 5.69. The van der Waals surface area contributed by atoms with Gasteiger partial charge in [0, 0.05) is 5.41 Å². The Morgan fingerprint density at radius 2 is 2.04 bits per heavy atom. The molecule has 0 aromatic heterocycles. The highest BCUT2D eigenvalue weighted by Crippen LogP contribution is 2.60. The predicted octanol–water partition coefficient (Wildman–Crippen LogP) is 3.38. The summed E-state index contributed by atoms with van der Waals surface area (Å²) in [5, 5.41) is 0. The van der Waals surface area contributed by atoms with E-state index >= 15 is 0 Å². The fourth-order valence-corrected chi connectivity index (χ4v) is 4.43. The second-order valence-corrected chi connectivity index (χ2v) is 7.50. The zero-order valence-corrected chi connectivity index (χ0v) is 14.9. The first-order chi connectivity index (χ1) is 11.6. The minimum Gasteiger partial charge on any atom is -0.390 e. The van der Waals surface area contributed by atoms with E-state index in [0.717, 1.165) is 19.4 Å². The van der Waals surface area contributed by atoms with Gasteiger partial charge in [-0.15, -0.1) is 0 Å². The molecule has 1 aliphatic heterocycles. The summed E-state index contributed by atoms with van der Waals surface area (Å²) in [6, 6.07) is 9.12. The number of nitrogens with zero attached hydrogens (tertiary/aromatic N) is 2. The zero-order chi connectivity index (χ0) is 17.0. The van der Waals surface area contributed by atoms with Crippen LogP contribution in [0.2, 0.25) is 0 Å². The lowest BCUT2D eigenvalue weighted by molar-refractivity contribution is -0.253. The molecule has 0 spiro atoms. The van der Waals surface area contributed by atoms with E-state index in [1.807, 2.05) is 0 Å². The monoisotopic (exact) mass is 327 g/mol. The van der Waals surface area contributed by atoms with Gasteiger partial charge in [-0.05, 0) is 42.7 Å². The summed E-state index contributed by atoms with van der Waals surface area (Å²) in [7, 11) is 0. The van der Waals surface area contributed by atoms with Crippen LogP contribution in [0.3, 0.4) is 0 Å².